The number of nitrogens with one attached hydrogen (secondary N) is 2. The van der Waals surface area contributed by atoms with Crippen LogP contribution in [0.3, 0.4) is 0 Å². The number of rotatable bonds is 4. The zero-order chi connectivity index (χ0) is 12.3. The van der Waals surface area contributed by atoms with Gasteiger partial charge in [0.1, 0.15) is 0 Å². The van der Waals surface area contributed by atoms with E-state index < -0.39 is 10.0 Å². The first-order valence-electron chi connectivity index (χ1n) is 4.80. The van der Waals surface area contributed by atoms with Gasteiger partial charge in [0.25, 0.3) is 0 Å². The summed E-state index contributed by atoms with van der Waals surface area (Å²) in [7, 11) is -3.47. The lowest BCUT2D eigenvalue weighted by Gasteiger charge is -2.05. The van der Waals surface area contributed by atoms with Crippen molar-refractivity contribution in [1.82, 2.24) is 14.7 Å². The molecule has 0 spiro atoms. The molecule has 0 bridgehead atoms. The summed E-state index contributed by atoms with van der Waals surface area (Å²) in [6, 6.07) is 6.45. The van der Waals surface area contributed by atoms with Crippen LogP contribution in [-0.4, -0.2) is 18.4 Å². The van der Waals surface area contributed by atoms with Gasteiger partial charge in [-0.25, -0.2) is 18.1 Å². The Morgan fingerprint density at radius 1 is 1.29 bits per heavy atom. The molecule has 1 aromatic carbocycles. The first-order valence-corrected chi connectivity index (χ1v) is 7.08. The number of halogens is 1. The third kappa shape index (κ3) is 3.15. The summed E-state index contributed by atoms with van der Waals surface area (Å²) in [4.78, 5) is 6.87. The van der Waals surface area contributed by atoms with Crippen molar-refractivity contribution in [1.29, 1.82) is 0 Å². The van der Waals surface area contributed by atoms with E-state index in [0.29, 0.717) is 5.69 Å². The highest BCUT2D eigenvalue weighted by atomic mass is 79.9. The van der Waals surface area contributed by atoms with Crippen molar-refractivity contribution in [2.45, 2.75) is 11.4 Å². The van der Waals surface area contributed by atoms with Gasteiger partial charge in [0.15, 0.2) is 0 Å². The monoisotopic (exact) mass is 315 g/mol. The van der Waals surface area contributed by atoms with Gasteiger partial charge in [-0.3, -0.25) is 0 Å². The van der Waals surface area contributed by atoms with Crippen LogP contribution in [0, 0.1) is 0 Å². The number of sulfonamides is 1. The summed E-state index contributed by atoms with van der Waals surface area (Å²) in [5.74, 6) is 0. The van der Waals surface area contributed by atoms with Gasteiger partial charge in [-0.2, -0.15) is 0 Å². The second kappa shape index (κ2) is 4.99. The molecule has 0 saturated heterocycles. The number of hydrogen-bond acceptors (Lipinski definition) is 3. The molecular weight excluding hydrogens is 306 g/mol. The molecule has 17 heavy (non-hydrogen) atoms. The predicted molar refractivity (Wildman–Crippen MR) is 66.8 cm³/mol. The Labute approximate surface area is 107 Å². The lowest BCUT2D eigenvalue weighted by atomic mass is 10.4. The minimum absolute atomic E-state index is 0.193. The van der Waals surface area contributed by atoms with E-state index >= 15 is 0 Å². The first-order chi connectivity index (χ1) is 8.08. The molecule has 1 heterocycles. The smallest absolute Gasteiger partial charge is 0.240 e. The van der Waals surface area contributed by atoms with Gasteiger partial charge in [-0.1, -0.05) is 15.9 Å². The second-order valence-electron chi connectivity index (χ2n) is 3.36. The molecular formula is C10H10BrN3O2S. The summed E-state index contributed by atoms with van der Waals surface area (Å²) in [6.45, 7) is 0.193. The maximum Gasteiger partial charge on any atom is 0.240 e. The van der Waals surface area contributed by atoms with E-state index in [1.165, 1.54) is 6.33 Å². The lowest BCUT2D eigenvalue weighted by Crippen LogP contribution is -2.23. The Hall–Kier alpha value is -1.18. The maximum absolute atomic E-state index is 11.9. The molecule has 0 aliphatic carbocycles. The van der Waals surface area contributed by atoms with E-state index in [4.69, 9.17) is 0 Å². The van der Waals surface area contributed by atoms with E-state index in [2.05, 4.69) is 30.6 Å². The Bertz CT molecular complexity index is 579. The van der Waals surface area contributed by atoms with E-state index in [1.54, 1.807) is 30.5 Å². The second-order valence-corrected chi connectivity index (χ2v) is 6.04. The topological polar surface area (TPSA) is 74.8 Å². The minimum atomic E-state index is -3.47. The van der Waals surface area contributed by atoms with E-state index in [1.807, 2.05) is 0 Å². The normalized spacial score (nSPS) is 11.6. The van der Waals surface area contributed by atoms with Crippen molar-refractivity contribution in [3.8, 4) is 0 Å². The molecule has 0 atom stereocenters. The SMILES string of the molecule is O=S(=O)(NCc1cnc[nH]1)c1ccc(Br)cc1. The van der Waals surface area contributed by atoms with Crippen molar-refractivity contribution in [2.24, 2.45) is 0 Å². The molecule has 0 amide bonds. The Morgan fingerprint density at radius 3 is 2.59 bits per heavy atom. The van der Waals surface area contributed by atoms with Crippen molar-refractivity contribution in [3.63, 3.8) is 0 Å². The summed E-state index contributed by atoms with van der Waals surface area (Å²) in [5.41, 5.74) is 0.714. The van der Waals surface area contributed by atoms with Crippen LogP contribution in [0.2, 0.25) is 0 Å². The van der Waals surface area contributed by atoms with E-state index in [9.17, 15) is 8.42 Å². The Kier molecular flexibility index (Phi) is 3.60. The lowest BCUT2D eigenvalue weighted by molar-refractivity contribution is 0.580. The number of aromatic amines is 1. The zero-order valence-electron chi connectivity index (χ0n) is 8.72. The van der Waals surface area contributed by atoms with Crippen LogP contribution in [0.1, 0.15) is 5.69 Å². The van der Waals surface area contributed by atoms with Crippen molar-refractivity contribution in [3.05, 3.63) is 47.0 Å². The molecule has 0 radical (unpaired) electrons. The number of imidazole rings is 1. The number of benzene rings is 1. The minimum Gasteiger partial charge on any atom is -0.347 e. The molecule has 0 aliphatic rings. The third-order valence-corrected chi connectivity index (χ3v) is 4.08. The molecule has 5 nitrogen and oxygen atoms in total. The maximum atomic E-state index is 11.9. The molecule has 0 unspecified atom stereocenters. The van der Waals surface area contributed by atoms with Crippen LogP contribution < -0.4 is 4.72 Å². The molecule has 0 fully saturated rings. The van der Waals surface area contributed by atoms with Crippen LogP contribution in [0.15, 0.2) is 46.2 Å². The zero-order valence-corrected chi connectivity index (χ0v) is 11.1. The van der Waals surface area contributed by atoms with Gasteiger partial charge >= 0.3 is 0 Å². The molecule has 7 heteroatoms. The van der Waals surface area contributed by atoms with Crippen LogP contribution in [-0.2, 0) is 16.6 Å². The Morgan fingerprint density at radius 2 is 2.00 bits per heavy atom. The van der Waals surface area contributed by atoms with E-state index in [0.717, 1.165) is 4.47 Å². The number of hydrogen-bond donors (Lipinski definition) is 2. The van der Waals surface area contributed by atoms with Crippen LogP contribution in [0.4, 0.5) is 0 Å². The van der Waals surface area contributed by atoms with Gasteiger partial charge in [0, 0.05) is 16.4 Å². The van der Waals surface area contributed by atoms with Crippen molar-refractivity contribution >= 4 is 26.0 Å². The van der Waals surface area contributed by atoms with Gasteiger partial charge in [-0.05, 0) is 24.3 Å². The van der Waals surface area contributed by atoms with Crippen LogP contribution >= 0.6 is 15.9 Å². The standard InChI is InChI=1S/C10H10BrN3O2S/c11-8-1-3-10(4-2-8)17(15,16)14-6-9-5-12-7-13-9/h1-5,7,14H,6H2,(H,12,13). The fourth-order valence-electron chi connectivity index (χ4n) is 1.25. The summed E-state index contributed by atoms with van der Waals surface area (Å²) < 4.78 is 27.1. The summed E-state index contributed by atoms with van der Waals surface area (Å²) in [6.07, 6.45) is 3.08. The predicted octanol–water partition coefficient (Wildman–Crippen LogP) is 1.65. The average Bonchev–Trinajstić information content (AvgIpc) is 2.80. The fraction of sp³-hybridized carbons (Fsp3) is 0.100. The molecule has 0 saturated carbocycles. The molecule has 2 aromatic rings. The fourth-order valence-corrected chi connectivity index (χ4v) is 2.52. The van der Waals surface area contributed by atoms with Gasteiger partial charge in [-0.15, -0.1) is 0 Å². The molecule has 2 N–H and O–H groups in total. The molecule has 2 rings (SSSR count). The van der Waals surface area contributed by atoms with Crippen LogP contribution in [0.5, 0.6) is 0 Å². The van der Waals surface area contributed by atoms with Gasteiger partial charge in [0.05, 0.1) is 17.8 Å². The third-order valence-electron chi connectivity index (χ3n) is 2.13. The number of nitrogens with zero attached hydrogens (tertiary/aromatic N) is 1. The first kappa shape index (κ1) is 12.3. The molecule has 90 valence electrons. The average molecular weight is 316 g/mol. The molecule has 1 aromatic heterocycles. The Balaban J connectivity index is 2.11. The van der Waals surface area contributed by atoms with Crippen molar-refractivity contribution < 1.29 is 8.42 Å². The number of aromatic nitrogens is 2. The highest BCUT2D eigenvalue weighted by molar-refractivity contribution is 9.10. The van der Waals surface area contributed by atoms with Gasteiger partial charge < -0.3 is 4.98 Å². The quantitative estimate of drug-likeness (QED) is 0.901. The summed E-state index contributed by atoms with van der Waals surface area (Å²) >= 11 is 3.25. The highest BCUT2D eigenvalue weighted by Crippen LogP contribution is 2.14. The largest absolute Gasteiger partial charge is 0.347 e. The van der Waals surface area contributed by atoms with Gasteiger partial charge in [0.2, 0.25) is 10.0 Å². The highest BCUT2D eigenvalue weighted by Gasteiger charge is 2.13. The molecule has 0 aliphatic heterocycles. The number of H-pyrrole nitrogens is 1. The van der Waals surface area contributed by atoms with Crippen LogP contribution in [0.25, 0.3) is 0 Å². The van der Waals surface area contributed by atoms with E-state index in [-0.39, 0.29) is 11.4 Å². The summed E-state index contributed by atoms with van der Waals surface area (Å²) in [5, 5.41) is 0. The van der Waals surface area contributed by atoms with Crippen molar-refractivity contribution in [2.75, 3.05) is 0 Å².